The van der Waals surface area contributed by atoms with Crippen molar-refractivity contribution in [2.45, 2.75) is 12.8 Å². The van der Waals surface area contributed by atoms with E-state index in [2.05, 4.69) is 33.0 Å². The number of fused-ring (bicyclic) bond motifs is 1. The molecule has 1 aliphatic rings. The number of aromatic nitrogens is 1. The number of methoxy groups -OCH3 is 1. The summed E-state index contributed by atoms with van der Waals surface area (Å²) in [7, 11) is 1.78. The summed E-state index contributed by atoms with van der Waals surface area (Å²) in [4.78, 5) is 7.09. The molecule has 1 saturated heterocycles. The van der Waals surface area contributed by atoms with Crippen molar-refractivity contribution in [2.24, 2.45) is 5.92 Å². The zero-order chi connectivity index (χ0) is 14.8. The van der Waals surface area contributed by atoms with E-state index in [0.29, 0.717) is 10.9 Å². The van der Waals surface area contributed by atoms with Gasteiger partial charge in [0.25, 0.3) is 0 Å². The number of rotatable bonds is 3. The van der Waals surface area contributed by atoms with Crippen LogP contribution >= 0.6 is 27.5 Å². The van der Waals surface area contributed by atoms with Crippen LogP contribution < -0.4 is 4.90 Å². The maximum atomic E-state index is 6.31. The second kappa shape index (κ2) is 6.51. The third-order valence-electron chi connectivity index (χ3n) is 4.04. The fraction of sp³-hybridized carbons (Fsp3) is 0.438. The van der Waals surface area contributed by atoms with E-state index in [4.69, 9.17) is 21.3 Å². The van der Waals surface area contributed by atoms with Crippen LogP contribution in [0, 0.1) is 5.92 Å². The lowest BCUT2D eigenvalue weighted by molar-refractivity contribution is 0.139. The predicted octanol–water partition coefficient (Wildman–Crippen LogP) is 4.51. The molecule has 0 radical (unpaired) electrons. The summed E-state index contributed by atoms with van der Waals surface area (Å²) in [6.45, 7) is 2.92. The monoisotopic (exact) mass is 368 g/mol. The second-order valence-corrected chi connectivity index (χ2v) is 6.84. The standard InChI is InChI=1S/C16H18BrClN2O/c1-21-10-11-4-6-20(7-5-11)15-3-2-12-8-13(17)9-14(18)16(12)19-15/h2-3,8-9,11H,4-7,10H2,1H3. The van der Waals surface area contributed by atoms with Crippen molar-refractivity contribution in [1.29, 1.82) is 0 Å². The van der Waals surface area contributed by atoms with Crippen LogP contribution in [0.1, 0.15) is 12.8 Å². The van der Waals surface area contributed by atoms with E-state index in [1.807, 2.05) is 12.1 Å². The lowest BCUT2D eigenvalue weighted by atomic mass is 9.98. The molecule has 0 aliphatic carbocycles. The Morgan fingerprint density at radius 3 is 2.81 bits per heavy atom. The summed E-state index contributed by atoms with van der Waals surface area (Å²) >= 11 is 9.78. The molecule has 1 fully saturated rings. The number of benzene rings is 1. The maximum Gasteiger partial charge on any atom is 0.129 e. The summed E-state index contributed by atoms with van der Waals surface area (Å²) < 4.78 is 6.23. The molecule has 1 aromatic heterocycles. The first-order valence-corrected chi connectivity index (χ1v) is 8.34. The first-order chi connectivity index (χ1) is 10.2. The van der Waals surface area contributed by atoms with Crippen LogP contribution in [0.15, 0.2) is 28.7 Å². The summed E-state index contributed by atoms with van der Waals surface area (Å²) in [6.07, 6.45) is 2.31. The van der Waals surface area contributed by atoms with Crippen LogP contribution in [0.2, 0.25) is 5.02 Å². The van der Waals surface area contributed by atoms with Crippen molar-refractivity contribution in [3.63, 3.8) is 0 Å². The zero-order valence-corrected chi connectivity index (χ0v) is 14.3. The molecule has 3 rings (SSSR count). The van der Waals surface area contributed by atoms with E-state index in [1.165, 1.54) is 0 Å². The lowest BCUT2D eigenvalue weighted by Crippen LogP contribution is -2.35. The van der Waals surface area contributed by atoms with E-state index in [9.17, 15) is 0 Å². The van der Waals surface area contributed by atoms with Crippen molar-refractivity contribution in [2.75, 3.05) is 31.7 Å². The van der Waals surface area contributed by atoms with E-state index in [1.54, 1.807) is 7.11 Å². The highest BCUT2D eigenvalue weighted by molar-refractivity contribution is 9.10. The molecule has 2 aromatic rings. The van der Waals surface area contributed by atoms with Gasteiger partial charge in [0.1, 0.15) is 5.82 Å². The van der Waals surface area contributed by atoms with E-state index < -0.39 is 0 Å². The highest BCUT2D eigenvalue weighted by Gasteiger charge is 2.20. The molecule has 0 spiro atoms. The SMILES string of the molecule is COCC1CCN(c2ccc3cc(Br)cc(Cl)c3n2)CC1. The Morgan fingerprint density at radius 1 is 1.33 bits per heavy atom. The lowest BCUT2D eigenvalue weighted by Gasteiger charge is -2.32. The van der Waals surface area contributed by atoms with Crippen LogP contribution in [0.5, 0.6) is 0 Å². The van der Waals surface area contributed by atoms with Gasteiger partial charge in [0.2, 0.25) is 0 Å². The number of anilines is 1. The first-order valence-electron chi connectivity index (χ1n) is 7.17. The summed E-state index contributed by atoms with van der Waals surface area (Å²) in [5.74, 6) is 1.69. The molecule has 0 bridgehead atoms. The highest BCUT2D eigenvalue weighted by Crippen LogP contribution is 2.30. The van der Waals surface area contributed by atoms with Gasteiger partial charge in [-0.25, -0.2) is 4.98 Å². The Bertz CT molecular complexity index is 641. The Kier molecular flexibility index (Phi) is 4.67. The Morgan fingerprint density at radius 2 is 2.10 bits per heavy atom. The van der Waals surface area contributed by atoms with E-state index in [-0.39, 0.29) is 0 Å². The van der Waals surface area contributed by atoms with Gasteiger partial charge in [0, 0.05) is 36.7 Å². The Balaban J connectivity index is 1.82. The summed E-state index contributed by atoms with van der Waals surface area (Å²) in [6, 6.07) is 8.12. The van der Waals surface area contributed by atoms with Gasteiger partial charge in [0.15, 0.2) is 0 Å². The molecule has 21 heavy (non-hydrogen) atoms. The molecule has 112 valence electrons. The molecule has 0 atom stereocenters. The van der Waals surface area contributed by atoms with Crippen LogP contribution in [0.25, 0.3) is 10.9 Å². The average molecular weight is 370 g/mol. The second-order valence-electron chi connectivity index (χ2n) is 5.51. The Hall–Kier alpha value is -0.840. The molecule has 0 saturated carbocycles. The van der Waals surface area contributed by atoms with Gasteiger partial charge in [-0.3, -0.25) is 0 Å². The summed E-state index contributed by atoms with van der Waals surface area (Å²) in [5.41, 5.74) is 0.872. The first kappa shape index (κ1) is 15.1. The number of piperidine rings is 1. The molecular formula is C16H18BrClN2O. The molecule has 2 heterocycles. The highest BCUT2D eigenvalue weighted by atomic mass is 79.9. The van der Waals surface area contributed by atoms with Crippen LogP contribution in [-0.4, -0.2) is 31.8 Å². The van der Waals surface area contributed by atoms with Crippen LogP contribution in [0.3, 0.4) is 0 Å². The third kappa shape index (κ3) is 3.33. The molecule has 1 aliphatic heterocycles. The number of ether oxygens (including phenoxy) is 1. The maximum absolute atomic E-state index is 6.31. The minimum atomic E-state index is 0.672. The number of hydrogen-bond donors (Lipinski definition) is 0. The molecule has 3 nitrogen and oxygen atoms in total. The number of nitrogens with zero attached hydrogens (tertiary/aromatic N) is 2. The quantitative estimate of drug-likeness (QED) is 0.796. The third-order valence-corrected chi connectivity index (χ3v) is 4.78. The van der Waals surface area contributed by atoms with Gasteiger partial charge < -0.3 is 9.64 Å². The minimum absolute atomic E-state index is 0.672. The van der Waals surface area contributed by atoms with Crippen molar-refractivity contribution >= 4 is 44.3 Å². The fourth-order valence-corrected chi connectivity index (χ4v) is 3.76. The van der Waals surface area contributed by atoms with Gasteiger partial charge in [-0.1, -0.05) is 27.5 Å². The van der Waals surface area contributed by atoms with E-state index >= 15 is 0 Å². The molecule has 0 N–H and O–H groups in total. The molecule has 0 unspecified atom stereocenters. The number of hydrogen-bond acceptors (Lipinski definition) is 3. The van der Waals surface area contributed by atoms with Crippen LogP contribution in [0.4, 0.5) is 5.82 Å². The normalized spacial score (nSPS) is 16.6. The van der Waals surface area contributed by atoms with Gasteiger partial charge in [-0.15, -0.1) is 0 Å². The van der Waals surface area contributed by atoms with Crippen molar-refractivity contribution in [3.8, 4) is 0 Å². The average Bonchev–Trinajstić information content (AvgIpc) is 2.48. The fourth-order valence-electron chi connectivity index (χ4n) is 2.89. The number of halogens is 2. The number of pyridine rings is 1. The van der Waals surface area contributed by atoms with Gasteiger partial charge >= 0.3 is 0 Å². The van der Waals surface area contributed by atoms with E-state index in [0.717, 1.165) is 53.7 Å². The van der Waals surface area contributed by atoms with Crippen molar-refractivity contribution in [3.05, 3.63) is 33.8 Å². The predicted molar refractivity (Wildman–Crippen MR) is 91.3 cm³/mol. The zero-order valence-electron chi connectivity index (χ0n) is 12.0. The minimum Gasteiger partial charge on any atom is -0.384 e. The molecular weight excluding hydrogens is 352 g/mol. The topological polar surface area (TPSA) is 25.4 Å². The van der Waals surface area contributed by atoms with Crippen molar-refractivity contribution < 1.29 is 4.74 Å². The Labute approximate surface area is 138 Å². The van der Waals surface area contributed by atoms with Gasteiger partial charge in [-0.05, 0) is 43.0 Å². The van der Waals surface area contributed by atoms with Crippen LogP contribution in [-0.2, 0) is 4.74 Å². The summed E-state index contributed by atoms with van der Waals surface area (Å²) in [5, 5.41) is 1.75. The molecule has 0 amide bonds. The largest absolute Gasteiger partial charge is 0.384 e. The smallest absolute Gasteiger partial charge is 0.129 e. The van der Waals surface area contributed by atoms with Gasteiger partial charge in [0.05, 0.1) is 10.5 Å². The van der Waals surface area contributed by atoms with Crippen molar-refractivity contribution in [1.82, 2.24) is 4.98 Å². The molecule has 1 aromatic carbocycles. The molecule has 5 heteroatoms. The van der Waals surface area contributed by atoms with Gasteiger partial charge in [-0.2, -0.15) is 0 Å².